The molecule has 1 aromatic rings. The molecule has 0 aliphatic carbocycles. The molecule has 0 spiro atoms. The monoisotopic (exact) mass is 194 g/mol. The third kappa shape index (κ3) is 3.18. The number of hydrogen-bond acceptors (Lipinski definition) is 3. The summed E-state index contributed by atoms with van der Waals surface area (Å²) >= 11 is 0. The average molecular weight is 194 g/mol. The number of methoxy groups -OCH3 is 2. The molecule has 3 heteroatoms. The van der Waals surface area contributed by atoms with E-state index in [0.717, 1.165) is 11.1 Å². The Morgan fingerprint density at radius 1 is 1.29 bits per heavy atom. The SMILES string of the molecule is COCc1cccc(CC(=O)OC)c1. The normalized spacial score (nSPS) is 9.86. The fourth-order valence-corrected chi connectivity index (χ4v) is 1.23. The third-order valence-electron chi connectivity index (χ3n) is 1.88. The molecule has 0 fully saturated rings. The van der Waals surface area contributed by atoms with E-state index in [1.165, 1.54) is 7.11 Å². The summed E-state index contributed by atoms with van der Waals surface area (Å²) in [5, 5.41) is 0. The van der Waals surface area contributed by atoms with Gasteiger partial charge in [-0.2, -0.15) is 0 Å². The highest BCUT2D eigenvalue weighted by Crippen LogP contribution is 2.07. The predicted octanol–water partition coefficient (Wildman–Crippen LogP) is 1.55. The second-order valence-corrected chi connectivity index (χ2v) is 3.01. The second-order valence-electron chi connectivity index (χ2n) is 3.01. The van der Waals surface area contributed by atoms with Crippen molar-refractivity contribution in [1.82, 2.24) is 0 Å². The van der Waals surface area contributed by atoms with Gasteiger partial charge in [0, 0.05) is 7.11 Å². The van der Waals surface area contributed by atoms with Gasteiger partial charge in [-0.15, -0.1) is 0 Å². The van der Waals surface area contributed by atoms with Gasteiger partial charge in [0.1, 0.15) is 0 Å². The van der Waals surface area contributed by atoms with Gasteiger partial charge in [-0.1, -0.05) is 24.3 Å². The Morgan fingerprint density at radius 2 is 2.00 bits per heavy atom. The summed E-state index contributed by atoms with van der Waals surface area (Å²) in [6, 6.07) is 7.72. The van der Waals surface area contributed by atoms with Crippen LogP contribution in [-0.2, 0) is 27.3 Å². The van der Waals surface area contributed by atoms with Crippen molar-refractivity contribution in [1.29, 1.82) is 0 Å². The number of ether oxygens (including phenoxy) is 2. The maximum Gasteiger partial charge on any atom is 0.309 e. The Balaban J connectivity index is 2.68. The van der Waals surface area contributed by atoms with E-state index in [2.05, 4.69) is 4.74 Å². The van der Waals surface area contributed by atoms with Crippen LogP contribution in [0.15, 0.2) is 24.3 Å². The molecule has 0 heterocycles. The van der Waals surface area contributed by atoms with Crippen molar-refractivity contribution in [2.75, 3.05) is 14.2 Å². The summed E-state index contributed by atoms with van der Waals surface area (Å²) in [6.07, 6.45) is 0.314. The molecule has 0 aromatic heterocycles. The molecule has 0 aliphatic heterocycles. The Morgan fingerprint density at radius 3 is 2.64 bits per heavy atom. The van der Waals surface area contributed by atoms with Crippen LogP contribution in [0.3, 0.4) is 0 Å². The van der Waals surface area contributed by atoms with Crippen LogP contribution in [0.4, 0.5) is 0 Å². The molecule has 0 bridgehead atoms. The van der Waals surface area contributed by atoms with Gasteiger partial charge in [0.2, 0.25) is 0 Å². The first kappa shape index (κ1) is 10.7. The smallest absolute Gasteiger partial charge is 0.309 e. The van der Waals surface area contributed by atoms with Crippen LogP contribution in [0.5, 0.6) is 0 Å². The fourth-order valence-electron chi connectivity index (χ4n) is 1.23. The second kappa shape index (κ2) is 5.40. The summed E-state index contributed by atoms with van der Waals surface area (Å²) in [6.45, 7) is 0.564. The molecule has 14 heavy (non-hydrogen) atoms. The summed E-state index contributed by atoms with van der Waals surface area (Å²) in [5.41, 5.74) is 2.01. The van der Waals surface area contributed by atoms with Crippen molar-refractivity contribution in [3.63, 3.8) is 0 Å². The van der Waals surface area contributed by atoms with E-state index in [9.17, 15) is 4.79 Å². The molecule has 1 aromatic carbocycles. The molecule has 0 saturated carbocycles. The minimum absolute atomic E-state index is 0.223. The third-order valence-corrected chi connectivity index (χ3v) is 1.88. The number of carbonyl (C=O) groups excluding carboxylic acids is 1. The lowest BCUT2D eigenvalue weighted by atomic mass is 10.1. The lowest BCUT2D eigenvalue weighted by molar-refractivity contribution is -0.139. The van der Waals surface area contributed by atoms with Crippen LogP contribution in [0.25, 0.3) is 0 Å². The molecule has 1 rings (SSSR count). The van der Waals surface area contributed by atoms with E-state index in [0.29, 0.717) is 13.0 Å². The molecular weight excluding hydrogens is 180 g/mol. The van der Waals surface area contributed by atoms with Crippen LogP contribution in [0, 0.1) is 0 Å². The Labute approximate surface area is 83.6 Å². The molecular formula is C11H14O3. The van der Waals surface area contributed by atoms with E-state index in [4.69, 9.17) is 4.74 Å². The van der Waals surface area contributed by atoms with Crippen LogP contribution in [0.2, 0.25) is 0 Å². The molecule has 0 radical (unpaired) electrons. The van der Waals surface area contributed by atoms with Gasteiger partial charge >= 0.3 is 5.97 Å². The lowest BCUT2D eigenvalue weighted by Crippen LogP contribution is -2.04. The largest absolute Gasteiger partial charge is 0.469 e. The van der Waals surface area contributed by atoms with E-state index in [1.54, 1.807) is 7.11 Å². The number of esters is 1. The minimum atomic E-state index is -0.223. The van der Waals surface area contributed by atoms with Gasteiger partial charge in [0.05, 0.1) is 20.1 Å². The summed E-state index contributed by atoms with van der Waals surface area (Å²) < 4.78 is 9.58. The molecule has 3 nitrogen and oxygen atoms in total. The Kier molecular flexibility index (Phi) is 4.13. The number of rotatable bonds is 4. The van der Waals surface area contributed by atoms with Crippen LogP contribution in [0.1, 0.15) is 11.1 Å². The van der Waals surface area contributed by atoms with Gasteiger partial charge in [0.25, 0.3) is 0 Å². The Hall–Kier alpha value is -1.35. The van der Waals surface area contributed by atoms with E-state index >= 15 is 0 Å². The molecule has 0 saturated heterocycles. The molecule has 0 amide bonds. The topological polar surface area (TPSA) is 35.5 Å². The van der Waals surface area contributed by atoms with Gasteiger partial charge in [-0.3, -0.25) is 4.79 Å². The van der Waals surface area contributed by atoms with Crippen LogP contribution >= 0.6 is 0 Å². The molecule has 76 valence electrons. The van der Waals surface area contributed by atoms with E-state index in [1.807, 2.05) is 24.3 Å². The van der Waals surface area contributed by atoms with Crippen molar-refractivity contribution in [3.05, 3.63) is 35.4 Å². The number of carbonyl (C=O) groups is 1. The van der Waals surface area contributed by atoms with E-state index < -0.39 is 0 Å². The molecule has 0 unspecified atom stereocenters. The quantitative estimate of drug-likeness (QED) is 0.682. The van der Waals surface area contributed by atoms with Crippen LogP contribution < -0.4 is 0 Å². The maximum absolute atomic E-state index is 11.0. The van der Waals surface area contributed by atoms with Crippen LogP contribution in [-0.4, -0.2) is 20.2 Å². The minimum Gasteiger partial charge on any atom is -0.469 e. The van der Waals surface area contributed by atoms with Crippen molar-refractivity contribution >= 4 is 5.97 Å². The highest BCUT2D eigenvalue weighted by atomic mass is 16.5. The van der Waals surface area contributed by atoms with Crippen molar-refractivity contribution in [2.24, 2.45) is 0 Å². The zero-order valence-corrected chi connectivity index (χ0v) is 8.45. The van der Waals surface area contributed by atoms with Crippen molar-refractivity contribution in [2.45, 2.75) is 13.0 Å². The summed E-state index contributed by atoms with van der Waals surface area (Å²) in [5.74, 6) is -0.223. The highest BCUT2D eigenvalue weighted by molar-refractivity contribution is 5.72. The average Bonchev–Trinajstić information content (AvgIpc) is 2.19. The number of hydrogen-bond donors (Lipinski definition) is 0. The van der Waals surface area contributed by atoms with Gasteiger partial charge in [-0.25, -0.2) is 0 Å². The molecule has 0 aliphatic rings. The maximum atomic E-state index is 11.0. The Bertz CT molecular complexity index is 307. The molecule has 0 atom stereocenters. The highest BCUT2D eigenvalue weighted by Gasteiger charge is 2.02. The summed E-state index contributed by atoms with van der Waals surface area (Å²) in [4.78, 5) is 11.0. The number of benzene rings is 1. The lowest BCUT2D eigenvalue weighted by Gasteiger charge is -2.03. The van der Waals surface area contributed by atoms with Crippen molar-refractivity contribution < 1.29 is 14.3 Å². The van der Waals surface area contributed by atoms with Gasteiger partial charge in [0.15, 0.2) is 0 Å². The molecule has 0 N–H and O–H groups in total. The van der Waals surface area contributed by atoms with Crippen molar-refractivity contribution in [3.8, 4) is 0 Å². The first-order valence-corrected chi connectivity index (χ1v) is 4.40. The zero-order chi connectivity index (χ0) is 10.4. The van der Waals surface area contributed by atoms with E-state index in [-0.39, 0.29) is 5.97 Å². The van der Waals surface area contributed by atoms with Gasteiger partial charge in [-0.05, 0) is 11.1 Å². The standard InChI is InChI=1S/C11H14O3/c1-13-8-10-5-3-4-9(6-10)7-11(12)14-2/h3-6H,7-8H2,1-2H3. The predicted molar refractivity (Wildman–Crippen MR) is 52.9 cm³/mol. The van der Waals surface area contributed by atoms with Gasteiger partial charge < -0.3 is 9.47 Å². The zero-order valence-electron chi connectivity index (χ0n) is 8.45. The first-order chi connectivity index (χ1) is 6.76. The first-order valence-electron chi connectivity index (χ1n) is 4.40. The summed E-state index contributed by atoms with van der Waals surface area (Å²) in [7, 11) is 3.04. The fraction of sp³-hybridized carbons (Fsp3) is 0.364.